The maximum atomic E-state index is 13.4. The number of aromatic nitrogens is 2. The van der Waals surface area contributed by atoms with E-state index in [0.717, 1.165) is 24.3 Å². The van der Waals surface area contributed by atoms with Crippen LogP contribution in [0.25, 0.3) is 10.8 Å². The van der Waals surface area contributed by atoms with Crippen LogP contribution in [0.5, 0.6) is 11.5 Å². The summed E-state index contributed by atoms with van der Waals surface area (Å²) in [5.41, 5.74) is -2.02. The predicted octanol–water partition coefficient (Wildman–Crippen LogP) is 2.56. The first-order valence-electron chi connectivity index (χ1n) is 11.9. The molecular weight excluding hydrogens is 725 g/mol. The quantitative estimate of drug-likeness (QED) is 0.0557. The highest BCUT2D eigenvalue weighted by Crippen LogP contribution is 2.44. The fourth-order valence-corrected chi connectivity index (χ4v) is 6.70. The molecular formula is C22H17F2N5O14S4. The molecule has 0 radical (unpaired) electrons. The average Bonchev–Trinajstić information content (AvgIpc) is 2.90. The van der Waals surface area contributed by atoms with Crippen LogP contribution in [0, 0.1) is 12.0 Å². The number of aromatic hydroxyl groups is 2. The van der Waals surface area contributed by atoms with Crippen LogP contribution in [0.4, 0.5) is 31.7 Å². The molecule has 0 atom stereocenters. The van der Waals surface area contributed by atoms with E-state index < -0.39 is 102 Å². The SMILES string of the molecule is O=S(=O)(O)OCCS(=O)(=O)c1cc(N=Nc2c(S(=O)(=O)O)cc3cc(Nc4cc(F)nc(F)n4)ccc3c2O)c(O)c(S(=O)(=O)O)c1. The second-order valence-electron chi connectivity index (χ2n) is 8.99. The Morgan fingerprint density at radius 2 is 1.45 bits per heavy atom. The Balaban J connectivity index is 1.84. The number of halogens is 2. The minimum Gasteiger partial charge on any atom is -0.505 e. The van der Waals surface area contributed by atoms with Crippen LogP contribution in [0.3, 0.4) is 0 Å². The first-order valence-corrected chi connectivity index (χ1v) is 17.8. The monoisotopic (exact) mass is 741 g/mol. The van der Waals surface area contributed by atoms with Gasteiger partial charge in [-0.05, 0) is 41.8 Å². The average molecular weight is 742 g/mol. The number of phenols is 2. The molecule has 0 saturated carbocycles. The lowest BCUT2D eigenvalue weighted by Gasteiger charge is -2.12. The lowest BCUT2D eigenvalue weighted by molar-refractivity contribution is 0.284. The highest BCUT2D eigenvalue weighted by Gasteiger charge is 2.27. The van der Waals surface area contributed by atoms with Gasteiger partial charge in [-0.3, -0.25) is 13.7 Å². The van der Waals surface area contributed by atoms with Crippen molar-refractivity contribution in [3.05, 3.63) is 54.5 Å². The number of anilines is 2. The van der Waals surface area contributed by atoms with Crippen LogP contribution >= 0.6 is 0 Å². The summed E-state index contributed by atoms with van der Waals surface area (Å²) in [5, 5.41) is 30.4. The zero-order valence-electron chi connectivity index (χ0n) is 22.5. The summed E-state index contributed by atoms with van der Waals surface area (Å²) in [4.78, 5) is 2.58. The van der Waals surface area contributed by atoms with Crippen LogP contribution in [0.15, 0.2) is 67.4 Å². The maximum absolute atomic E-state index is 13.4. The lowest BCUT2D eigenvalue weighted by Crippen LogP contribution is -2.16. The van der Waals surface area contributed by atoms with Gasteiger partial charge in [-0.15, -0.1) is 10.2 Å². The van der Waals surface area contributed by atoms with E-state index in [9.17, 15) is 61.8 Å². The normalized spacial score (nSPS) is 13.0. The molecule has 252 valence electrons. The van der Waals surface area contributed by atoms with Gasteiger partial charge in [0.25, 0.3) is 20.2 Å². The van der Waals surface area contributed by atoms with Crippen LogP contribution < -0.4 is 5.32 Å². The van der Waals surface area contributed by atoms with Crippen molar-refractivity contribution in [3.8, 4) is 11.5 Å². The highest BCUT2D eigenvalue weighted by atomic mass is 32.3. The summed E-state index contributed by atoms with van der Waals surface area (Å²) in [6.07, 6.45) is -1.40. The number of benzene rings is 3. The zero-order valence-corrected chi connectivity index (χ0v) is 25.8. The number of nitrogens with zero attached hydrogens (tertiary/aromatic N) is 4. The van der Waals surface area contributed by atoms with Gasteiger partial charge in [0.15, 0.2) is 21.3 Å². The van der Waals surface area contributed by atoms with Gasteiger partial charge in [-0.2, -0.15) is 44.0 Å². The Morgan fingerprint density at radius 1 is 0.787 bits per heavy atom. The summed E-state index contributed by atoms with van der Waals surface area (Å²) < 4.78 is 154. The number of azo groups is 1. The number of fused-ring (bicyclic) bond motifs is 1. The van der Waals surface area contributed by atoms with Crippen molar-refractivity contribution in [3.63, 3.8) is 0 Å². The predicted molar refractivity (Wildman–Crippen MR) is 152 cm³/mol. The molecule has 0 amide bonds. The first-order chi connectivity index (χ1) is 21.5. The van der Waals surface area contributed by atoms with Gasteiger partial charge < -0.3 is 15.5 Å². The third-order valence-electron chi connectivity index (χ3n) is 5.78. The van der Waals surface area contributed by atoms with Crippen molar-refractivity contribution in [1.29, 1.82) is 0 Å². The largest absolute Gasteiger partial charge is 0.505 e. The Labute approximate surface area is 262 Å². The highest BCUT2D eigenvalue weighted by molar-refractivity contribution is 7.91. The molecule has 25 heteroatoms. The molecule has 1 heterocycles. The molecule has 3 aromatic carbocycles. The smallest absolute Gasteiger partial charge is 0.397 e. The number of phenolic OH excluding ortho intramolecular Hbond substituents is 2. The minimum absolute atomic E-state index is 0.0488. The van der Waals surface area contributed by atoms with Gasteiger partial charge in [0.2, 0.25) is 5.95 Å². The Morgan fingerprint density at radius 3 is 2.04 bits per heavy atom. The van der Waals surface area contributed by atoms with Gasteiger partial charge in [-0.1, -0.05) is 0 Å². The zero-order chi connectivity index (χ0) is 35.1. The van der Waals surface area contributed by atoms with Crippen LogP contribution in [-0.4, -0.2) is 79.9 Å². The molecule has 4 aromatic rings. The maximum Gasteiger partial charge on any atom is 0.397 e. The Hall–Kier alpha value is -4.50. The van der Waals surface area contributed by atoms with Gasteiger partial charge in [-0.25, -0.2) is 12.6 Å². The van der Waals surface area contributed by atoms with E-state index in [-0.39, 0.29) is 28.3 Å². The fraction of sp³-hybridized carbons (Fsp3) is 0.0909. The van der Waals surface area contributed by atoms with E-state index >= 15 is 0 Å². The second kappa shape index (κ2) is 12.6. The molecule has 0 bridgehead atoms. The van der Waals surface area contributed by atoms with Crippen molar-refractivity contribution in [2.24, 2.45) is 10.2 Å². The fourth-order valence-electron chi connectivity index (χ4n) is 3.82. The van der Waals surface area contributed by atoms with Crippen LogP contribution in [0.1, 0.15) is 0 Å². The summed E-state index contributed by atoms with van der Waals surface area (Å²) in [7, 11) is -20.4. The molecule has 47 heavy (non-hydrogen) atoms. The first kappa shape index (κ1) is 35.4. The van der Waals surface area contributed by atoms with Gasteiger partial charge in [0.05, 0.1) is 17.3 Å². The minimum atomic E-state index is -5.39. The van der Waals surface area contributed by atoms with Crippen LogP contribution in [0.2, 0.25) is 0 Å². The number of sulfone groups is 1. The molecule has 0 unspecified atom stereocenters. The molecule has 0 aliphatic carbocycles. The Kier molecular flexibility index (Phi) is 9.48. The van der Waals surface area contributed by atoms with Gasteiger partial charge >= 0.3 is 16.5 Å². The van der Waals surface area contributed by atoms with Crippen molar-refractivity contribution < 1.29 is 70.5 Å². The number of hydrogen-bond donors (Lipinski definition) is 6. The lowest BCUT2D eigenvalue weighted by atomic mass is 10.1. The molecule has 19 nitrogen and oxygen atoms in total. The van der Waals surface area contributed by atoms with E-state index in [2.05, 4.69) is 29.7 Å². The molecule has 0 saturated heterocycles. The number of nitrogens with one attached hydrogen (secondary N) is 1. The summed E-state index contributed by atoms with van der Waals surface area (Å²) in [5.74, 6) is -5.16. The summed E-state index contributed by atoms with van der Waals surface area (Å²) >= 11 is 0. The number of rotatable bonds is 11. The second-order valence-corrected chi connectivity index (χ2v) is 15.0. The molecule has 0 fully saturated rings. The van der Waals surface area contributed by atoms with E-state index in [1.807, 2.05) is 0 Å². The summed E-state index contributed by atoms with van der Waals surface area (Å²) in [6, 6.07) is 5.78. The molecule has 0 spiro atoms. The molecule has 4 rings (SSSR count). The number of hydrogen-bond acceptors (Lipinski definition) is 16. The van der Waals surface area contributed by atoms with Crippen molar-refractivity contribution in [2.45, 2.75) is 14.7 Å². The van der Waals surface area contributed by atoms with E-state index in [4.69, 9.17) is 4.55 Å². The molecule has 0 aliphatic heterocycles. The third kappa shape index (κ3) is 8.46. The van der Waals surface area contributed by atoms with Crippen molar-refractivity contribution in [2.75, 3.05) is 17.7 Å². The molecule has 1 aromatic heterocycles. The molecule has 0 aliphatic rings. The topological polar surface area (TPSA) is 309 Å². The van der Waals surface area contributed by atoms with Crippen molar-refractivity contribution >= 4 is 74.1 Å². The Bertz CT molecular complexity index is 2390. The standard InChI is InChI=1S/C22H17F2N5O14S4/c23-17-9-18(27-22(24)26-17)25-11-1-2-13-10(5-11)6-15(45(34,35)36)19(20(13)30)29-28-14-7-12(8-16(21(14)31)46(37,38)39)44(32,33)4-3-43-47(40,41)42/h1-2,5-9,30-31H,3-4H2,(H,25,26,27)(H,34,35,36)(H,37,38,39)(H,40,41,42). The van der Waals surface area contributed by atoms with E-state index in [1.54, 1.807) is 0 Å². The van der Waals surface area contributed by atoms with Crippen LogP contribution in [-0.2, 0) is 44.7 Å². The van der Waals surface area contributed by atoms with E-state index in [0.29, 0.717) is 6.07 Å². The summed E-state index contributed by atoms with van der Waals surface area (Å²) in [6.45, 7) is -1.16. The van der Waals surface area contributed by atoms with Gasteiger partial charge in [0.1, 0.15) is 27.0 Å². The van der Waals surface area contributed by atoms with Crippen molar-refractivity contribution in [1.82, 2.24) is 9.97 Å². The van der Waals surface area contributed by atoms with Gasteiger partial charge in [0, 0.05) is 17.1 Å². The molecule has 6 N–H and O–H groups in total. The third-order valence-corrected chi connectivity index (χ3v) is 9.63. The van der Waals surface area contributed by atoms with E-state index in [1.165, 1.54) is 6.07 Å².